The van der Waals surface area contributed by atoms with Crippen LogP contribution in [0.25, 0.3) is 0 Å². The number of halogens is 1. The van der Waals surface area contributed by atoms with E-state index < -0.39 is 11.7 Å². The number of nitrogens with one attached hydrogen (secondary N) is 1. The van der Waals surface area contributed by atoms with E-state index in [1.165, 1.54) is 18.5 Å². The van der Waals surface area contributed by atoms with Gasteiger partial charge >= 0.3 is 0 Å². The number of hydrogen-bond acceptors (Lipinski definition) is 4. The number of benzene rings is 1. The molecule has 0 fully saturated rings. The fourth-order valence-corrected chi connectivity index (χ4v) is 2.57. The maximum Gasteiger partial charge on any atom is 0.271 e. The van der Waals surface area contributed by atoms with Gasteiger partial charge in [0.2, 0.25) is 0 Å². The lowest BCUT2D eigenvalue weighted by molar-refractivity contribution is 0.0954. The molecule has 2 rings (SSSR count). The molecule has 0 bridgehead atoms. The molecule has 0 saturated heterocycles. The first-order chi connectivity index (χ1) is 12.5. The van der Waals surface area contributed by atoms with E-state index in [2.05, 4.69) is 22.4 Å². The number of hydrogen-bond donors (Lipinski definition) is 2. The molecule has 2 N–H and O–H groups in total. The maximum absolute atomic E-state index is 14.4. The molecule has 5 nitrogen and oxygen atoms in total. The number of pyridine rings is 1. The van der Waals surface area contributed by atoms with E-state index in [9.17, 15) is 14.3 Å². The summed E-state index contributed by atoms with van der Waals surface area (Å²) >= 11 is 0. The first-order valence-corrected chi connectivity index (χ1v) is 8.74. The molecule has 138 valence electrons. The highest BCUT2D eigenvalue weighted by atomic mass is 19.1. The van der Waals surface area contributed by atoms with Gasteiger partial charge < -0.3 is 5.11 Å². The normalized spacial score (nSPS) is 11.7. The van der Waals surface area contributed by atoms with Crippen LogP contribution in [0.2, 0.25) is 0 Å². The van der Waals surface area contributed by atoms with Crippen molar-refractivity contribution < 1.29 is 14.3 Å². The van der Waals surface area contributed by atoms with Crippen molar-refractivity contribution >= 4 is 11.6 Å². The Hall–Kier alpha value is -2.76. The van der Waals surface area contributed by atoms with Gasteiger partial charge in [-0.3, -0.25) is 9.78 Å². The van der Waals surface area contributed by atoms with Crippen LogP contribution in [0.15, 0.2) is 41.8 Å². The minimum Gasteiger partial charge on any atom is -0.507 e. The fraction of sp³-hybridized carbons (Fsp3) is 0.350. The summed E-state index contributed by atoms with van der Waals surface area (Å²) in [5, 5.41) is 14.7. The highest BCUT2D eigenvalue weighted by Crippen LogP contribution is 2.29. The second-order valence-corrected chi connectivity index (χ2v) is 6.36. The zero-order valence-electron chi connectivity index (χ0n) is 15.3. The van der Waals surface area contributed by atoms with E-state index >= 15 is 0 Å². The first kappa shape index (κ1) is 19.6. The lowest BCUT2D eigenvalue weighted by Crippen LogP contribution is -2.23. The Morgan fingerprint density at radius 3 is 2.58 bits per heavy atom. The van der Waals surface area contributed by atoms with Crippen molar-refractivity contribution in [2.75, 3.05) is 0 Å². The number of phenols is 1. The summed E-state index contributed by atoms with van der Waals surface area (Å²) < 4.78 is 14.4. The number of carbonyl (C=O) groups is 1. The van der Waals surface area contributed by atoms with Crippen LogP contribution >= 0.6 is 0 Å². The number of unbranched alkanes of at least 4 members (excludes halogenated alkanes) is 1. The first-order valence-electron chi connectivity index (χ1n) is 8.74. The van der Waals surface area contributed by atoms with Gasteiger partial charge in [0.25, 0.3) is 5.91 Å². The molecule has 0 spiro atoms. The molecule has 1 amide bonds. The topological polar surface area (TPSA) is 74.6 Å². The third kappa shape index (κ3) is 4.65. The number of nitrogens with zero attached hydrogens (tertiary/aromatic N) is 2. The van der Waals surface area contributed by atoms with Crippen LogP contribution in [-0.2, 0) is 6.42 Å². The van der Waals surface area contributed by atoms with E-state index in [1.54, 1.807) is 18.2 Å². The van der Waals surface area contributed by atoms with Crippen molar-refractivity contribution in [3.05, 3.63) is 59.2 Å². The van der Waals surface area contributed by atoms with Gasteiger partial charge in [-0.05, 0) is 42.5 Å². The van der Waals surface area contributed by atoms with Gasteiger partial charge in [-0.15, -0.1) is 0 Å². The molecule has 26 heavy (non-hydrogen) atoms. The van der Waals surface area contributed by atoms with Gasteiger partial charge in [-0.25, -0.2) is 9.82 Å². The van der Waals surface area contributed by atoms with Crippen LogP contribution in [0, 0.1) is 11.7 Å². The van der Waals surface area contributed by atoms with E-state index in [0.717, 1.165) is 12.8 Å². The van der Waals surface area contributed by atoms with Gasteiger partial charge in [0.15, 0.2) is 0 Å². The summed E-state index contributed by atoms with van der Waals surface area (Å²) in [6.07, 6.45) is 5.53. The summed E-state index contributed by atoms with van der Waals surface area (Å²) in [7, 11) is 0. The average molecular weight is 357 g/mol. The Bertz CT molecular complexity index is 789. The molecule has 0 aliphatic rings. The summed E-state index contributed by atoms with van der Waals surface area (Å²) in [6, 6.07) is 6.05. The number of aromatic hydroxyl groups is 1. The molecule has 1 aromatic carbocycles. The summed E-state index contributed by atoms with van der Waals surface area (Å²) in [5.74, 6) is -1.29. The molecular weight excluding hydrogens is 333 g/mol. The van der Waals surface area contributed by atoms with Crippen molar-refractivity contribution in [1.29, 1.82) is 0 Å². The number of rotatable bonds is 7. The average Bonchev–Trinajstić information content (AvgIpc) is 2.64. The molecular formula is C20H24FN3O2. The molecule has 1 heterocycles. The van der Waals surface area contributed by atoms with Gasteiger partial charge in [-0.2, -0.15) is 5.10 Å². The lowest BCUT2D eigenvalue weighted by Gasteiger charge is -2.16. The van der Waals surface area contributed by atoms with E-state index in [1.807, 2.05) is 13.8 Å². The van der Waals surface area contributed by atoms with Crippen molar-refractivity contribution in [3.8, 4) is 5.75 Å². The largest absolute Gasteiger partial charge is 0.507 e. The predicted octanol–water partition coefficient (Wildman–Crippen LogP) is 4.06. The van der Waals surface area contributed by atoms with Crippen LogP contribution in [0.4, 0.5) is 4.39 Å². The zero-order chi connectivity index (χ0) is 19.1. The van der Waals surface area contributed by atoms with E-state index in [0.29, 0.717) is 23.3 Å². The molecule has 1 aromatic heterocycles. The Morgan fingerprint density at radius 2 is 1.96 bits per heavy atom. The monoisotopic (exact) mass is 357 g/mol. The number of phenolic OH excluding ortho intramolecular Hbond substituents is 1. The van der Waals surface area contributed by atoms with Crippen molar-refractivity contribution in [1.82, 2.24) is 10.4 Å². The highest BCUT2D eigenvalue weighted by molar-refractivity contribution is 6.05. The predicted molar refractivity (Wildman–Crippen MR) is 99.8 cm³/mol. The molecule has 0 saturated carbocycles. The Morgan fingerprint density at radius 1 is 1.27 bits per heavy atom. The van der Waals surface area contributed by atoms with Crippen LogP contribution < -0.4 is 5.43 Å². The van der Waals surface area contributed by atoms with Gasteiger partial charge in [0.1, 0.15) is 11.6 Å². The Labute approximate surface area is 153 Å². The van der Waals surface area contributed by atoms with Crippen LogP contribution in [0.3, 0.4) is 0 Å². The molecule has 0 atom stereocenters. The van der Waals surface area contributed by atoms with E-state index in [4.69, 9.17) is 0 Å². The van der Waals surface area contributed by atoms with Crippen molar-refractivity contribution in [2.24, 2.45) is 11.0 Å². The van der Waals surface area contributed by atoms with Crippen LogP contribution in [0.1, 0.15) is 55.1 Å². The third-order valence-electron chi connectivity index (χ3n) is 4.03. The van der Waals surface area contributed by atoms with Crippen LogP contribution in [-0.4, -0.2) is 21.7 Å². The highest BCUT2D eigenvalue weighted by Gasteiger charge is 2.21. The fourth-order valence-electron chi connectivity index (χ4n) is 2.57. The SMILES string of the molecule is CCCCc1ccc(F)c(C(=NNC(=O)c2ccncc2)C(C)C)c1O. The number of hydrazone groups is 1. The van der Waals surface area contributed by atoms with Gasteiger partial charge in [0.05, 0.1) is 11.3 Å². The van der Waals surface area contributed by atoms with Crippen molar-refractivity contribution in [2.45, 2.75) is 40.0 Å². The van der Waals surface area contributed by atoms with Crippen LogP contribution in [0.5, 0.6) is 5.75 Å². The number of carbonyl (C=O) groups excluding carboxylic acids is 1. The Kier molecular flexibility index (Phi) is 6.83. The molecule has 0 aliphatic heterocycles. The molecule has 2 aromatic rings. The number of aryl methyl sites for hydroxylation is 1. The second kappa shape index (κ2) is 9.08. The summed E-state index contributed by atoms with van der Waals surface area (Å²) in [5.41, 5.74) is 3.85. The Balaban J connectivity index is 2.36. The zero-order valence-corrected chi connectivity index (χ0v) is 15.3. The summed E-state index contributed by atoms with van der Waals surface area (Å²) in [6.45, 7) is 5.71. The number of amides is 1. The molecule has 0 unspecified atom stereocenters. The van der Waals surface area contributed by atoms with E-state index in [-0.39, 0.29) is 17.2 Å². The summed E-state index contributed by atoms with van der Waals surface area (Å²) in [4.78, 5) is 16.0. The molecule has 6 heteroatoms. The quantitative estimate of drug-likeness (QED) is 0.580. The number of aromatic nitrogens is 1. The smallest absolute Gasteiger partial charge is 0.271 e. The third-order valence-corrected chi connectivity index (χ3v) is 4.03. The standard InChI is InChI=1S/C20H24FN3O2/c1-4-5-6-14-7-8-16(21)17(19(14)25)18(13(2)3)23-24-20(26)15-9-11-22-12-10-15/h7-13,25H,4-6H2,1-3H3,(H,24,26). The second-order valence-electron chi connectivity index (χ2n) is 6.36. The lowest BCUT2D eigenvalue weighted by atomic mass is 9.95. The van der Waals surface area contributed by atoms with Gasteiger partial charge in [-0.1, -0.05) is 33.3 Å². The van der Waals surface area contributed by atoms with Crippen molar-refractivity contribution in [3.63, 3.8) is 0 Å². The van der Waals surface area contributed by atoms with Gasteiger partial charge in [0, 0.05) is 18.0 Å². The minimum atomic E-state index is -0.562. The minimum absolute atomic E-state index is 0.0450. The maximum atomic E-state index is 14.4. The molecule has 0 aliphatic carbocycles. The molecule has 0 radical (unpaired) electrons.